The number of hydrogen-bond donors (Lipinski definition) is 1. The average Bonchev–Trinajstić information content (AvgIpc) is 2.71. The highest BCUT2D eigenvalue weighted by atomic mass is 16.5. The van der Waals surface area contributed by atoms with Crippen LogP contribution >= 0.6 is 0 Å². The molecule has 1 aliphatic heterocycles. The summed E-state index contributed by atoms with van der Waals surface area (Å²) in [5.74, 6) is 0.655. The number of piperazine rings is 1. The van der Waals surface area contributed by atoms with Gasteiger partial charge in [-0.3, -0.25) is 4.79 Å². The zero-order valence-electron chi connectivity index (χ0n) is 17.0. The van der Waals surface area contributed by atoms with Gasteiger partial charge in [0.1, 0.15) is 5.75 Å². The molecular formula is C23H31N3O2. The molecule has 28 heavy (non-hydrogen) atoms. The molecule has 2 aromatic carbocycles. The Bertz CT molecular complexity index is 753. The van der Waals surface area contributed by atoms with E-state index in [-0.39, 0.29) is 12.5 Å². The minimum atomic E-state index is -0.0769. The summed E-state index contributed by atoms with van der Waals surface area (Å²) in [4.78, 5) is 16.7. The number of anilines is 1. The van der Waals surface area contributed by atoms with Gasteiger partial charge in [0.15, 0.2) is 6.61 Å². The molecule has 0 aromatic heterocycles. The van der Waals surface area contributed by atoms with Crippen LogP contribution in [0.5, 0.6) is 5.75 Å². The highest BCUT2D eigenvalue weighted by molar-refractivity contribution is 5.77. The minimum Gasteiger partial charge on any atom is -0.484 e. The Hall–Kier alpha value is -2.53. The Balaban J connectivity index is 1.33. The lowest BCUT2D eigenvalue weighted by Gasteiger charge is -2.34. The highest BCUT2D eigenvalue weighted by Gasteiger charge is 2.13. The predicted octanol–water partition coefficient (Wildman–Crippen LogP) is 2.87. The van der Waals surface area contributed by atoms with Crippen LogP contribution in [0, 0.1) is 6.92 Å². The maximum Gasteiger partial charge on any atom is 0.257 e. The lowest BCUT2D eigenvalue weighted by atomic mass is 10.1. The molecule has 2 aromatic rings. The fourth-order valence-electron chi connectivity index (χ4n) is 3.36. The van der Waals surface area contributed by atoms with Gasteiger partial charge in [-0.25, -0.2) is 0 Å². The van der Waals surface area contributed by atoms with E-state index in [1.165, 1.54) is 11.3 Å². The van der Waals surface area contributed by atoms with Crippen LogP contribution in [0.4, 0.5) is 5.69 Å². The predicted molar refractivity (Wildman–Crippen MR) is 114 cm³/mol. The quantitative estimate of drug-likeness (QED) is 0.714. The SMILES string of the molecule is Cc1cccc(OCC(=O)NCCCc2ccc(N3CCN(C)CC3)cc2)c1. The van der Waals surface area contributed by atoms with Crippen LogP contribution in [0.1, 0.15) is 17.5 Å². The van der Waals surface area contributed by atoms with Gasteiger partial charge in [0.05, 0.1) is 0 Å². The van der Waals surface area contributed by atoms with Crippen molar-refractivity contribution in [3.05, 3.63) is 59.7 Å². The first-order valence-electron chi connectivity index (χ1n) is 10.1. The van der Waals surface area contributed by atoms with Crippen molar-refractivity contribution in [2.24, 2.45) is 0 Å². The van der Waals surface area contributed by atoms with Crippen molar-refractivity contribution in [1.82, 2.24) is 10.2 Å². The number of carbonyl (C=O) groups excluding carboxylic acids is 1. The summed E-state index contributed by atoms with van der Waals surface area (Å²) in [7, 11) is 2.17. The lowest BCUT2D eigenvalue weighted by molar-refractivity contribution is -0.123. The zero-order chi connectivity index (χ0) is 19.8. The molecule has 3 rings (SSSR count). The first kappa shape index (κ1) is 20.2. The molecule has 1 fully saturated rings. The summed E-state index contributed by atoms with van der Waals surface area (Å²) >= 11 is 0. The van der Waals surface area contributed by atoms with E-state index in [0.717, 1.165) is 50.3 Å². The number of hydrogen-bond acceptors (Lipinski definition) is 4. The third kappa shape index (κ3) is 6.27. The molecule has 150 valence electrons. The van der Waals surface area contributed by atoms with E-state index in [1.54, 1.807) is 0 Å². The number of aryl methyl sites for hydroxylation is 2. The van der Waals surface area contributed by atoms with Crippen LogP contribution in [0.15, 0.2) is 48.5 Å². The maximum atomic E-state index is 11.9. The summed E-state index contributed by atoms with van der Waals surface area (Å²) in [5.41, 5.74) is 3.73. The van der Waals surface area contributed by atoms with Crippen LogP contribution in [0.2, 0.25) is 0 Å². The maximum absolute atomic E-state index is 11.9. The summed E-state index contributed by atoms with van der Waals surface area (Å²) < 4.78 is 5.52. The van der Waals surface area contributed by atoms with E-state index in [2.05, 4.69) is 46.4 Å². The van der Waals surface area contributed by atoms with Crippen molar-refractivity contribution in [2.45, 2.75) is 19.8 Å². The van der Waals surface area contributed by atoms with Gasteiger partial charge in [-0.1, -0.05) is 24.3 Å². The van der Waals surface area contributed by atoms with Crippen LogP contribution < -0.4 is 15.0 Å². The van der Waals surface area contributed by atoms with Gasteiger partial charge < -0.3 is 19.9 Å². The van der Waals surface area contributed by atoms with Crippen LogP contribution in [-0.2, 0) is 11.2 Å². The summed E-state index contributed by atoms with van der Waals surface area (Å²) in [6.45, 7) is 7.15. The van der Waals surface area contributed by atoms with E-state index in [0.29, 0.717) is 6.54 Å². The molecule has 5 heteroatoms. The molecule has 1 aliphatic rings. The van der Waals surface area contributed by atoms with Gasteiger partial charge >= 0.3 is 0 Å². The number of benzene rings is 2. The normalized spacial score (nSPS) is 14.7. The Morgan fingerprint density at radius 2 is 1.82 bits per heavy atom. The number of rotatable bonds is 8. The first-order valence-corrected chi connectivity index (χ1v) is 10.1. The molecule has 5 nitrogen and oxygen atoms in total. The minimum absolute atomic E-state index is 0.0587. The molecule has 0 atom stereocenters. The van der Waals surface area contributed by atoms with Crippen molar-refractivity contribution in [3.8, 4) is 5.75 Å². The molecule has 0 bridgehead atoms. The number of ether oxygens (including phenoxy) is 1. The number of carbonyl (C=O) groups is 1. The Morgan fingerprint density at radius 1 is 1.07 bits per heavy atom. The van der Waals surface area contributed by atoms with Crippen molar-refractivity contribution >= 4 is 11.6 Å². The van der Waals surface area contributed by atoms with Gasteiger partial charge in [0, 0.05) is 38.4 Å². The van der Waals surface area contributed by atoms with Gasteiger partial charge in [-0.2, -0.15) is 0 Å². The van der Waals surface area contributed by atoms with Gasteiger partial charge in [0.25, 0.3) is 5.91 Å². The van der Waals surface area contributed by atoms with Crippen molar-refractivity contribution in [1.29, 1.82) is 0 Å². The molecule has 1 amide bonds. The number of likely N-dealkylation sites (N-methyl/N-ethyl adjacent to an activating group) is 1. The number of nitrogens with one attached hydrogen (secondary N) is 1. The fraction of sp³-hybridized carbons (Fsp3) is 0.435. The van der Waals surface area contributed by atoms with E-state index < -0.39 is 0 Å². The second-order valence-corrected chi connectivity index (χ2v) is 7.52. The van der Waals surface area contributed by atoms with Crippen molar-refractivity contribution in [3.63, 3.8) is 0 Å². The molecule has 1 N–H and O–H groups in total. The number of amides is 1. The molecule has 0 saturated carbocycles. The van der Waals surface area contributed by atoms with Crippen LogP contribution in [-0.4, -0.2) is 57.2 Å². The van der Waals surface area contributed by atoms with Crippen LogP contribution in [0.3, 0.4) is 0 Å². The van der Waals surface area contributed by atoms with E-state index in [9.17, 15) is 4.79 Å². The van der Waals surface area contributed by atoms with Crippen LogP contribution in [0.25, 0.3) is 0 Å². The van der Waals surface area contributed by atoms with Crippen molar-refractivity contribution < 1.29 is 9.53 Å². The third-order valence-corrected chi connectivity index (χ3v) is 5.13. The fourth-order valence-corrected chi connectivity index (χ4v) is 3.36. The molecule has 0 unspecified atom stereocenters. The monoisotopic (exact) mass is 381 g/mol. The molecule has 0 spiro atoms. The Morgan fingerprint density at radius 3 is 2.54 bits per heavy atom. The topological polar surface area (TPSA) is 44.8 Å². The largest absolute Gasteiger partial charge is 0.484 e. The molecule has 0 radical (unpaired) electrons. The summed E-state index contributed by atoms with van der Waals surface area (Å²) in [5, 5.41) is 2.93. The second-order valence-electron chi connectivity index (χ2n) is 7.52. The zero-order valence-corrected chi connectivity index (χ0v) is 17.0. The summed E-state index contributed by atoms with van der Waals surface area (Å²) in [6.07, 6.45) is 1.88. The van der Waals surface area contributed by atoms with Gasteiger partial charge in [-0.15, -0.1) is 0 Å². The number of nitrogens with zero attached hydrogens (tertiary/aromatic N) is 2. The average molecular weight is 382 g/mol. The van der Waals surface area contributed by atoms with E-state index >= 15 is 0 Å². The molecule has 0 aliphatic carbocycles. The van der Waals surface area contributed by atoms with Gasteiger partial charge in [0.2, 0.25) is 0 Å². The Kier molecular flexibility index (Phi) is 7.31. The lowest BCUT2D eigenvalue weighted by Crippen LogP contribution is -2.44. The highest BCUT2D eigenvalue weighted by Crippen LogP contribution is 2.17. The van der Waals surface area contributed by atoms with Gasteiger partial charge in [-0.05, 0) is 62.2 Å². The Labute approximate surface area is 168 Å². The molecular weight excluding hydrogens is 350 g/mol. The first-order chi connectivity index (χ1) is 13.6. The summed E-state index contributed by atoms with van der Waals surface area (Å²) in [6, 6.07) is 16.6. The standard InChI is InChI=1S/C23H31N3O2/c1-19-5-3-7-22(17-19)28-18-23(27)24-12-4-6-20-8-10-21(11-9-20)26-15-13-25(2)14-16-26/h3,5,7-11,17H,4,6,12-16,18H2,1-2H3,(H,24,27). The third-order valence-electron chi connectivity index (χ3n) is 5.13. The van der Waals surface area contributed by atoms with Crippen molar-refractivity contribution in [2.75, 3.05) is 51.3 Å². The van der Waals surface area contributed by atoms with E-state index in [1.807, 2.05) is 31.2 Å². The smallest absolute Gasteiger partial charge is 0.257 e. The second kappa shape index (κ2) is 10.1. The van der Waals surface area contributed by atoms with E-state index in [4.69, 9.17) is 4.74 Å². The molecule has 1 heterocycles. The molecule has 1 saturated heterocycles.